The van der Waals surface area contributed by atoms with Crippen molar-refractivity contribution in [3.05, 3.63) is 29.8 Å². The van der Waals surface area contributed by atoms with E-state index in [1.54, 1.807) is 0 Å². The summed E-state index contributed by atoms with van der Waals surface area (Å²) in [6, 6.07) is 8.42. The maximum atomic E-state index is 12.1. The van der Waals surface area contributed by atoms with Crippen molar-refractivity contribution in [1.29, 1.82) is 0 Å². The molecule has 0 spiro atoms. The lowest BCUT2D eigenvalue weighted by Crippen LogP contribution is -2.24. The third-order valence-electron chi connectivity index (χ3n) is 3.14. The first-order chi connectivity index (χ1) is 8.65. The van der Waals surface area contributed by atoms with Gasteiger partial charge < -0.3 is 5.32 Å². The zero-order valence-corrected chi connectivity index (χ0v) is 11.9. The number of ketones is 1. The van der Waals surface area contributed by atoms with Crippen LogP contribution in [0.2, 0.25) is 0 Å². The molecule has 2 nitrogen and oxygen atoms in total. The van der Waals surface area contributed by atoms with Crippen molar-refractivity contribution < 1.29 is 4.79 Å². The van der Waals surface area contributed by atoms with E-state index < -0.39 is 0 Å². The number of hydrogen-bond donors (Lipinski definition) is 1. The quantitative estimate of drug-likeness (QED) is 0.651. The summed E-state index contributed by atoms with van der Waals surface area (Å²) in [4.78, 5) is 13.3. The summed E-state index contributed by atoms with van der Waals surface area (Å²) in [6.45, 7) is 5.41. The van der Waals surface area contributed by atoms with E-state index >= 15 is 0 Å². The molecule has 0 bridgehead atoms. The Hall–Kier alpha value is -0.800. The molecule has 1 unspecified atom stereocenters. The lowest BCUT2D eigenvalue weighted by atomic mass is 10.0. The third-order valence-corrected chi connectivity index (χ3v) is 4.16. The fourth-order valence-electron chi connectivity index (χ4n) is 2.26. The van der Waals surface area contributed by atoms with Gasteiger partial charge in [-0.15, -0.1) is 11.8 Å². The van der Waals surface area contributed by atoms with Crippen LogP contribution in [0.4, 0.5) is 0 Å². The molecule has 0 aliphatic carbocycles. The van der Waals surface area contributed by atoms with Gasteiger partial charge in [0.25, 0.3) is 0 Å². The topological polar surface area (TPSA) is 29.1 Å². The van der Waals surface area contributed by atoms with E-state index in [4.69, 9.17) is 0 Å². The van der Waals surface area contributed by atoms with E-state index in [0.717, 1.165) is 18.5 Å². The summed E-state index contributed by atoms with van der Waals surface area (Å²) >= 11 is 1.83. The maximum absolute atomic E-state index is 12.1. The average molecular weight is 263 g/mol. The zero-order valence-electron chi connectivity index (χ0n) is 11.1. The van der Waals surface area contributed by atoms with Crippen LogP contribution in [0.3, 0.4) is 0 Å². The number of thioether (sulfide) groups is 1. The number of rotatable bonds is 5. The Kier molecular flexibility index (Phi) is 4.84. The molecule has 0 saturated carbocycles. The number of hydrogen-bond acceptors (Lipinski definition) is 3. The van der Waals surface area contributed by atoms with Gasteiger partial charge in [-0.1, -0.05) is 26.0 Å². The highest BCUT2D eigenvalue weighted by Gasteiger charge is 2.18. The van der Waals surface area contributed by atoms with Crippen molar-refractivity contribution in [2.75, 3.05) is 6.54 Å². The predicted molar refractivity (Wildman–Crippen MR) is 77.4 cm³/mol. The second-order valence-corrected chi connectivity index (χ2v) is 6.76. The molecular weight excluding hydrogens is 242 g/mol. The minimum atomic E-state index is 0.260. The third kappa shape index (κ3) is 3.85. The molecule has 3 heteroatoms. The van der Waals surface area contributed by atoms with Crippen molar-refractivity contribution >= 4 is 17.5 Å². The van der Waals surface area contributed by atoms with Crippen LogP contribution in [-0.4, -0.2) is 23.6 Å². The van der Waals surface area contributed by atoms with Gasteiger partial charge in [0.05, 0.1) is 0 Å². The van der Waals surface area contributed by atoms with E-state index in [1.165, 1.54) is 11.3 Å². The minimum Gasteiger partial charge on any atom is -0.314 e. The summed E-state index contributed by atoms with van der Waals surface area (Å²) in [5, 5.41) is 3.95. The fourth-order valence-corrected chi connectivity index (χ4v) is 3.10. The lowest BCUT2D eigenvalue weighted by Gasteiger charge is -2.09. The molecule has 1 N–H and O–H groups in total. The highest BCUT2D eigenvalue weighted by Crippen LogP contribution is 2.23. The average Bonchev–Trinajstić information content (AvgIpc) is 2.82. The summed E-state index contributed by atoms with van der Waals surface area (Å²) in [5.74, 6) is 0.260. The molecule has 0 aromatic heterocycles. The monoisotopic (exact) mass is 263 g/mol. The first-order valence-corrected chi connectivity index (χ1v) is 7.56. The van der Waals surface area contributed by atoms with Crippen LogP contribution in [0.5, 0.6) is 0 Å². The van der Waals surface area contributed by atoms with Gasteiger partial charge in [-0.25, -0.2) is 0 Å². The Balaban J connectivity index is 1.93. The van der Waals surface area contributed by atoms with Crippen LogP contribution < -0.4 is 5.32 Å². The number of benzene rings is 1. The summed E-state index contributed by atoms with van der Waals surface area (Å²) in [5.41, 5.74) is 0.844. The second kappa shape index (κ2) is 6.39. The van der Waals surface area contributed by atoms with Gasteiger partial charge in [-0.2, -0.15) is 0 Å². The molecule has 1 aliphatic heterocycles. The smallest absolute Gasteiger partial charge is 0.164 e. The first-order valence-electron chi connectivity index (χ1n) is 6.68. The van der Waals surface area contributed by atoms with Gasteiger partial charge in [-0.3, -0.25) is 4.79 Å². The Morgan fingerprint density at radius 2 is 2.11 bits per heavy atom. The molecule has 1 fully saturated rings. The molecular formula is C15H21NOS. The molecule has 1 atom stereocenters. The highest BCUT2D eigenvalue weighted by atomic mass is 32.2. The van der Waals surface area contributed by atoms with Gasteiger partial charge in [0.15, 0.2) is 5.78 Å². The van der Waals surface area contributed by atoms with Crippen molar-refractivity contribution in [3.8, 4) is 0 Å². The van der Waals surface area contributed by atoms with Gasteiger partial charge in [0.2, 0.25) is 0 Å². The zero-order chi connectivity index (χ0) is 13.0. The van der Waals surface area contributed by atoms with E-state index in [2.05, 4.69) is 31.3 Å². The molecule has 1 saturated heterocycles. The normalized spacial score (nSPS) is 19.4. The van der Waals surface area contributed by atoms with E-state index in [1.807, 2.05) is 23.9 Å². The molecule has 0 radical (unpaired) electrons. The Bertz CT molecular complexity index is 393. The van der Waals surface area contributed by atoms with Crippen molar-refractivity contribution in [3.63, 3.8) is 0 Å². The van der Waals surface area contributed by atoms with Crippen LogP contribution in [0.1, 0.15) is 43.5 Å². The van der Waals surface area contributed by atoms with Crippen molar-refractivity contribution in [1.82, 2.24) is 5.32 Å². The number of carbonyl (C=O) groups excluding carboxylic acids is 1. The van der Waals surface area contributed by atoms with Crippen LogP contribution in [0.15, 0.2) is 29.2 Å². The molecule has 18 heavy (non-hydrogen) atoms. The van der Waals surface area contributed by atoms with Crippen LogP contribution in [0, 0.1) is 0 Å². The Morgan fingerprint density at radius 1 is 1.39 bits per heavy atom. The van der Waals surface area contributed by atoms with Crippen molar-refractivity contribution in [2.24, 2.45) is 0 Å². The number of Topliss-reactive ketones (excluding diaryl/α,β-unsaturated/α-hetero) is 1. The Labute approximate surface area is 114 Å². The SMILES string of the molecule is CC(C)Sc1ccc(C(=O)CC2CCCN2)cc1. The second-order valence-electron chi connectivity index (χ2n) is 5.11. The van der Waals surface area contributed by atoms with Crippen molar-refractivity contribution in [2.45, 2.75) is 49.3 Å². The lowest BCUT2D eigenvalue weighted by molar-refractivity contribution is 0.0971. The molecule has 2 rings (SSSR count). The van der Waals surface area contributed by atoms with Gasteiger partial charge >= 0.3 is 0 Å². The minimum absolute atomic E-state index is 0.260. The molecule has 1 aliphatic rings. The molecule has 98 valence electrons. The van der Waals surface area contributed by atoms with E-state index in [9.17, 15) is 4.79 Å². The largest absolute Gasteiger partial charge is 0.314 e. The molecule has 0 amide bonds. The fraction of sp³-hybridized carbons (Fsp3) is 0.533. The summed E-state index contributed by atoms with van der Waals surface area (Å²) in [6.07, 6.45) is 2.96. The van der Waals surface area contributed by atoms with Gasteiger partial charge in [-0.05, 0) is 31.5 Å². The van der Waals surface area contributed by atoms with Crippen LogP contribution in [-0.2, 0) is 0 Å². The molecule has 1 heterocycles. The summed E-state index contributed by atoms with van der Waals surface area (Å²) < 4.78 is 0. The van der Waals surface area contributed by atoms with Crippen LogP contribution in [0.25, 0.3) is 0 Å². The number of nitrogens with one attached hydrogen (secondary N) is 1. The molecule has 1 aromatic carbocycles. The molecule has 1 aromatic rings. The highest BCUT2D eigenvalue weighted by molar-refractivity contribution is 7.99. The number of carbonyl (C=O) groups is 1. The van der Waals surface area contributed by atoms with Gasteiger partial charge in [0, 0.05) is 28.2 Å². The van der Waals surface area contributed by atoms with Crippen LogP contribution >= 0.6 is 11.8 Å². The van der Waals surface area contributed by atoms with E-state index in [-0.39, 0.29) is 5.78 Å². The first kappa shape index (κ1) is 13.6. The Morgan fingerprint density at radius 3 is 2.67 bits per heavy atom. The predicted octanol–water partition coefficient (Wildman–Crippen LogP) is 3.51. The standard InChI is InChI=1S/C15H21NOS/c1-11(2)18-14-7-5-12(6-8-14)15(17)10-13-4-3-9-16-13/h5-8,11,13,16H,3-4,9-10H2,1-2H3. The van der Waals surface area contributed by atoms with E-state index in [0.29, 0.717) is 17.7 Å². The summed E-state index contributed by atoms with van der Waals surface area (Å²) in [7, 11) is 0. The maximum Gasteiger partial charge on any atom is 0.164 e. The van der Waals surface area contributed by atoms with Gasteiger partial charge in [0.1, 0.15) is 0 Å².